The van der Waals surface area contributed by atoms with Crippen LogP contribution < -0.4 is 15.4 Å². The number of carbonyl (C=O) groups excluding carboxylic acids is 2. The largest absolute Gasteiger partial charge is 0.484 e. The molecule has 7 heteroatoms. The Morgan fingerprint density at radius 2 is 1.81 bits per heavy atom. The Hall–Kier alpha value is -1.79. The molecule has 2 aliphatic heterocycles. The molecule has 3 aliphatic rings. The number of likely N-dealkylation sites (tertiary alicyclic amines) is 1. The van der Waals surface area contributed by atoms with E-state index in [4.69, 9.17) is 4.74 Å². The molecule has 1 aromatic carbocycles. The highest BCUT2D eigenvalue weighted by Gasteiger charge is 2.31. The average Bonchev–Trinajstić information content (AvgIpc) is 3.44. The summed E-state index contributed by atoms with van der Waals surface area (Å²) in [5.74, 6) is 2.32. The van der Waals surface area contributed by atoms with E-state index in [2.05, 4.69) is 10.6 Å². The van der Waals surface area contributed by atoms with Gasteiger partial charge in [-0.05, 0) is 62.7 Å². The van der Waals surface area contributed by atoms with Gasteiger partial charge in [-0.15, -0.1) is 12.4 Å². The number of hydrogen-bond donors (Lipinski definition) is 2. The summed E-state index contributed by atoms with van der Waals surface area (Å²) in [5, 5.41) is 6.36. The Kier molecular flexibility index (Phi) is 6.60. The van der Waals surface area contributed by atoms with Crippen LogP contribution in [0.15, 0.2) is 24.3 Å². The summed E-state index contributed by atoms with van der Waals surface area (Å²) in [5.41, 5.74) is 0.724. The van der Waals surface area contributed by atoms with Gasteiger partial charge in [0.2, 0.25) is 5.91 Å². The molecule has 6 nitrogen and oxygen atoms in total. The van der Waals surface area contributed by atoms with Crippen molar-refractivity contribution in [3.05, 3.63) is 24.3 Å². The van der Waals surface area contributed by atoms with Gasteiger partial charge in [0.1, 0.15) is 5.75 Å². The minimum Gasteiger partial charge on any atom is -0.484 e. The molecule has 0 bridgehead atoms. The lowest BCUT2D eigenvalue weighted by Crippen LogP contribution is -2.36. The molecule has 1 aromatic rings. The first-order valence-electron chi connectivity index (χ1n) is 9.71. The molecule has 0 radical (unpaired) electrons. The molecule has 2 amide bonds. The number of hydrogen-bond acceptors (Lipinski definition) is 4. The van der Waals surface area contributed by atoms with Crippen LogP contribution in [0.3, 0.4) is 0 Å². The van der Waals surface area contributed by atoms with Crippen molar-refractivity contribution >= 4 is 29.9 Å². The number of halogens is 1. The van der Waals surface area contributed by atoms with Crippen LogP contribution >= 0.6 is 12.4 Å². The molecule has 4 rings (SSSR count). The Morgan fingerprint density at radius 3 is 2.48 bits per heavy atom. The van der Waals surface area contributed by atoms with Gasteiger partial charge in [-0.25, -0.2) is 0 Å². The zero-order chi connectivity index (χ0) is 17.9. The van der Waals surface area contributed by atoms with Crippen LogP contribution in [0.4, 0.5) is 5.69 Å². The maximum atomic E-state index is 12.5. The number of ether oxygens (including phenoxy) is 1. The van der Waals surface area contributed by atoms with E-state index in [1.165, 1.54) is 0 Å². The Labute approximate surface area is 166 Å². The van der Waals surface area contributed by atoms with Crippen molar-refractivity contribution in [3.8, 4) is 5.75 Å². The zero-order valence-electron chi connectivity index (χ0n) is 15.5. The van der Waals surface area contributed by atoms with Crippen LogP contribution in [0, 0.1) is 17.8 Å². The van der Waals surface area contributed by atoms with Crippen molar-refractivity contribution in [2.75, 3.05) is 38.1 Å². The highest BCUT2D eigenvalue weighted by atomic mass is 35.5. The molecule has 148 valence electrons. The lowest BCUT2D eigenvalue weighted by molar-refractivity contribution is -0.133. The summed E-state index contributed by atoms with van der Waals surface area (Å²) in [6, 6.07) is 7.28. The summed E-state index contributed by atoms with van der Waals surface area (Å²) >= 11 is 0. The van der Waals surface area contributed by atoms with Gasteiger partial charge in [-0.1, -0.05) is 6.07 Å². The van der Waals surface area contributed by atoms with Gasteiger partial charge in [-0.2, -0.15) is 0 Å². The molecule has 2 saturated heterocycles. The predicted octanol–water partition coefficient (Wildman–Crippen LogP) is 2.29. The number of nitrogens with zero attached hydrogens (tertiary/aromatic N) is 1. The summed E-state index contributed by atoms with van der Waals surface area (Å²) < 4.78 is 5.70. The summed E-state index contributed by atoms with van der Waals surface area (Å²) in [6.07, 6.45) is 4.10. The second-order valence-electron chi connectivity index (χ2n) is 7.72. The third-order valence-electron chi connectivity index (χ3n) is 5.78. The first kappa shape index (κ1) is 20.0. The van der Waals surface area contributed by atoms with Crippen molar-refractivity contribution in [2.24, 2.45) is 17.8 Å². The zero-order valence-corrected chi connectivity index (χ0v) is 16.3. The van der Waals surface area contributed by atoms with E-state index in [0.717, 1.165) is 57.5 Å². The molecule has 1 saturated carbocycles. The van der Waals surface area contributed by atoms with Crippen LogP contribution in [0.2, 0.25) is 0 Å². The fraction of sp³-hybridized carbons (Fsp3) is 0.600. The Bertz CT molecular complexity index is 666. The first-order chi connectivity index (χ1) is 12.7. The van der Waals surface area contributed by atoms with Gasteiger partial charge in [0.15, 0.2) is 6.61 Å². The monoisotopic (exact) mass is 393 g/mol. The SMILES string of the molecule is Cl.O=C(Nc1cccc(OCC(=O)N2CC[C@@H]3CNC[C@@H]3CC2)c1)C1CC1. The summed E-state index contributed by atoms with van der Waals surface area (Å²) in [4.78, 5) is 26.3. The lowest BCUT2D eigenvalue weighted by atomic mass is 9.92. The van der Waals surface area contributed by atoms with Crippen LogP contribution in [-0.2, 0) is 9.59 Å². The average molecular weight is 394 g/mol. The van der Waals surface area contributed by atoms with Crippen molar-refractivity contribution < 1.29 is 14.3 Å². The van der Waals surface area contributed by atoms with E-state index in [1.54, 1.807) is 6.07 Å². The fourth-order valence-electron chi connectivity index (χ4n) is 3.96. The maximum Gasteiger partial charge on any atom is 0.260 e. The van der Waals surface area contributed by atoms with Gasteiger partial charge in [0.25, 0.3) is 5.91 Å². The van der Waals surface area contributed by atoms with Gasteiger partial charge >= 0.3 is 0 Å². The van der Waals surface area contributed by atoms with E-state index < -0.39 is 0 Å². The van der Waals surface area contributed by atoms with Crippen molar-refractivity contribution in [1.82, 2.24) is 10.2 Å². The molecule has 2 N–H and O–H groups in total. The Balaban J connectivity index is 0.00000210. The number of benzene rings is 1. The van der Waals surface area contributed by atoms with Crippen LogP contribution in [0.5, 0.6) is 5.75 Å². The lowest BCUT2D eigenvalue weighted by Gasteiger charge is -2.21. The van der Waals surface area contributed by atoms with Gasteiger partial charge in [0.05, 0.1) is 0 Å². The van der Waals surface area contributed by atoms with Crippen LogP contribution in [-0.4, -0.2) is 49.5 Å². The van der Waals surface area contributed by atoms with E-state index in [1.807, 2.05) is 23.1 Å². The third kappa shape index (κ3) is 5.14. The first-order valence-corrected chi connectivity index (χ1v) is 9.71. The number of amides is 2. The third-order valence-corrected chi connectivity index (χ3v) is 5.78. The highest BCUT2D eigenvalue weighted by molar-refractivity contribution is 5.94. The van der Waals surface area contributed by atoms with Crippen molar-refractivity contribution in [2.45, 2.75) is 25.7 Å². The minimum atomic E-state index is 0. The highest BCUT2D eigenvalue weighted by Crippen LogP contribution is 2.30. The molecule has 0 spiro atoms. The molecule has 0 aromatic heterocycles. The van der Waals surface area contributed by atoms with Gasteiger partial charge in [0, 0.05) is 30.8 Å². The molecule has 2 heterocycles. The predicted molar refractivity (Wildman–Crippen MR) is 106 cm³/mol. The van der Waals surface area contributed by atoms with E-state index in [9.17, 15) is 9.59 Å². The molecule has 3 fully saturated rings. The fourth-order valence-corrected chi connectivity index (χ4v) is 3.96. The maximum absolute atomic E-state index is 12.5. The van der Waals surface area contributed by atoms with Gasteiger partial charge in [-0.3, -0.25) is 9.59 Å². The quantitative estimate of drug-likeness (QED) is 0.805. The van der Waals surface area contributed by atoms with Crippen LogP contribution in [0.25, 0.3) is 0 Å². The molecule has 1 aliphatic carbocycles. The molecule has 27 heavy (non-hydrogen) atoms. The molecular formula is C20H28ClN3O3. The number of rotatable bonds is 5. The number of nitrogens with one attached hydrogen (secondary N) is 2. The topological polar surface area (TPSA) is 70.7 Å². The van der Waals surface area contributed by atoms with Crippen molar-refractivity contribution in [1.29, 1.82) is 0 Å². The molecule has 2 atom stereocenters. The smallest absolute Gasteiger partial charge is 0.260 e. The van der Waals surface area contributed by atoms with E-state index >= 15 is 0 Å². The van der Waals surface area contributed by atoms with Crippen molar-refractivity contribution in [3.63, 3.8) is 0 Å². The standard InChI is InChI=1S/C20H27N3O3.ClH/c24-19(23-8-6-15-11-21-12-16(15)7-9-23)13-26-18-3-1-2-17(10-18)22-20(25)14-4-5-14;/h1-3,10,14-16,21H,4-9,11-13H2,(H,22,25);1H/t15-,16+;. The summed E-state index contributed by atoms with van der Waals surface area (Å²) in [7, 11) is 0. The number of carbonyl (C=O) groups is 2. The van der Waals surface area contributed by atoms with Gasteiger partial charge < -0.3 is 20.3 Å². The van der Waals surface area contributed by atoms with Crippen LogP contribution in [0.1, 0.15) is 25.7 Å². The number of anilines is 1. The normalized spacial score (nSPS) is 24.4. The molecule has 0 unspecified atom stereocenters. The van der Waals surface area contributed by atoms with E-state index in [-0.39, 0.29) is 36.7 Å². The Morgan fingerprint density at radius 1 is 1.11 bits per heavy atom. The van der Waals surface area contributed by atoms with E-state index in [0.29, 0.717) is 17.6 Å². The second kappa shape index (κ2) is 8.93. The number of fused-ring (bicyclic) bond motifs is 1. The second-order valence-corrected chi connectivity index (χ2v) is 7.72. The minimum absolute atomic E-state index is 0. The molecular weight excluding hydrogens is 366 g/mol. The summed E-state index contributed by atoms with van der Waals surface area (Å²) in [6.45, 7) is 3.86.